The van der Waals surface area contributed by atoms with E-state index in [-0.39, 0.29) is 5.41 Å². The molecule has 0 saturated carbocycles. The molecule has 2 aromatic heterocycles. The van der Waals surface area contributed by atoms with Gasteiger partial charge in [0.05, 0.1) is 11.0 Å². The van der Waals surface area contributed by atoms with E-state index >= 15 is 0 Å². The highest BCUT2D eigenvalue weighted by atomic mass is 15.0. The fourth-order valence-corrected chi connectivity index (χ4v) is 6.26. The molecule has 4 heteroatoms. The summed E-state index contributed by atoms with van der Waals surface area (Å²) in [4.78, 5) is 14.9. The van der Waals surface area contributed by atoms with Crippen LogP contribution in [-0.4, -0.2) is 19.5 Å². The van der Waals surface area contributed by atoms with E-state index in [1.807, 2.05) is 60.7 Å². The third-order valence-electron chi connectivity index (χ3n) is 8.60. The molecule has 0 atom stereocenters. The minimum Gasteiger partial charge on any atom is -0.309 e. The first-order chi connectivity index (χ1) is 21.9. The van der Waals surface area contributed by atoms with Gasteiger partial charge in [-0.25, -0.2) is 15.0 Å². The molecule has 0 radical (unpaired) electrons. The van der Waals surface area contributed by atoms with Gasteiger partial charge in [0.25, 0.3) is 0 Å². The molecule has 45 heavy (non-hydrogen) atoms. The second kappa shape index (κ2) is 10.5. The van der Waals surface area contributed by atoms with Crippen molar-refractivity contribution in [2.75, 3.05) is 0 Å². The lowest BCUT2D eigenvalue weighted by Gasteiger charge is -2.19. The normalized spacial score (nSPS) is 11.9. The fraction of sp³-hybridized carbons (Fsp3) is 0.0976. The van der Waals surface area contributed by atoms with Crippen LogP contribution in [0.1, 0.15) is 26.3 Å². The van der Waals surface area contributed by atoms with Crippen LogP contribution in [0.2, 0.25) is 0 Å². The molecule has 8 aromatic rings. The molecule has 0 aliphatic heterocycles. The monoisotopic (exact) mass is 580 g/mol. The number of fused-ring (bicyclic) bond motifs is 5. The Bertz CT molecular complexity index is 2270. The van der Waals surface area contributed by atoms with Crippen molar-refractivity contribution in [3.8, 4) is 39.9 Å². The van der Waals surface area contributed by atoms with Crippen LogP contribution in [0, 0.1) is 0 Å². The fourth-order valence-electron chi connectivity index (χ4n) is 6.26. The lowest BCUT2D eigenvalue weighted by atomic mass is 9.87. The summed E-state index contributed by atoms with van der Waals surface area (Å²) in [6.07, 6.45) is 0. The molecule has 0 aliphatic carbocycles. The molecule has 8 rings (SSSR count). The molecule has 4 nitrogen and oxygen atoms in total. The summed E-state index contributed by atoms with van der Waals surface area (Å²) >= 11 is 0. The van der Waals surface area contributed by atoms with Crippen molar-refractivity contribution in [1.82, 2.24) is 19.5 Å². The van der Waals surface area contributed by atoms with Gasteiger partial charge in [-0.3, -0.25) is 0 Å². The van der Waals surface area contributed by atoms with Gasteiger partial charge in [-0.2, -0.15) is 0 Å². The maximum atomic E-state index is 5.02. The van der Waals surface area contributed by atoms with Gasteiger partial charge in [-0.15, -0.1) is 0 Å². The molecule has 0 spiro atoms. The Morgan fingerprint density at radius 2 is 1.02 bits per heavy atom. The molecule has 0 amide bonds. The quantitative estimate of drug-likeness (QED) is 0.208. The zero-order chi connectivity index (χ0) is 30.5. The minimum absolute atomic E-state index is 0.0895. The largest absolute Gasteiger partial charge is 0.309 e. The Kier molecular flexibility index (Phi) is 6.31. The standard InChI is InChI=1S/C41H32N4/c1-41(2,3)31-20-22-32(23-21-31)45-35-24-19-30(26-34(35)37-33-17-11-10-12-27(33)18-25-36(37)45)40-43-38(28-13-6-4-7-14-28)42-39(44-40)29-15-8-5-9-16-29/h4-26H,1-3H3. The first-order valence-electron chi connectivity index (χ1n) is 15.4. The van der Waals surface area contributed by atoms with Gasteiger partial charge in [0.15, 0.2) is 17.5 Å². The lowest BCUT2D eigenvalue weighted by Crippen LogP contribution is -2.10. The van der Waals surface area contributed by atoms with Gasteiger partial charge >= 0.3 is 0 Å². The summed E-state index contributed by atoms with van der Waals surface area (Å²) in [6.45, 7) is 6.76. The van der Waals surface area contributed by atoms with Crippen molar-refractivity contribution in [3.05, 3.63) is 145 Å². The number of hydrogen-bond acceptors (Lipinski definition) is 3. The third-order valence-corrected chi connectivity index (χ3v) is 8.60. The second-order valence-electron chi connectivity index (χ2n) is 12.6. The molecule has 0 fully saturated rings. The number of hydrogen-bond donors (Lipinski definition) is 0. The van der Waals surface area contributed by atoms with Crippen LogP contribution < -0.4 is 0 Å². The third kappa shape index (κ3) is 4.76. The van der Waals surface area contributed by atoms with Crippen molar-refractivity contribution in [1.29, 1.82) is 0 Å². The van der Waals surface area contributed by atoms with Crippen LogP contribution in [-0.2, 0) is 5.41 Å². The lowest BCUT2D eigenvalue weighted by molar-refractivity contribution is 0.590. The van der Waals surface area contributed by atoms with Crippen molar-refractivity contribution in [2.45, 2.75) is 26.2 Å². The van der Waals surface area contributed by atoms with Gasteiger partial charge in [0.1, 0.15) is 0 Å². The van der Waals surface area contributed by atoms with Gasteiger partial charge in [0, 0.05) is 33.2 Å². The summed E-state index contributed by atoms with van der Waals surface area (Å²) < 4.78 is 2.38. The van der Waals surface area contributed by atoms with E-state index in [1.54, 1.807) is 0 Å². The molecule has 0 aliphatic rings. The van der Waals surface area contributed by atoms with Crippen molar-refractivity contribution >= 4 is 32.6 Å². The SMILES string of the molecule is CC(C)(C)c1ccc(-n2c3ccc(-c4nc(-c5ccccc5)nc(-c5ccccc5)n4)cc3c3c4ccccc4ccc32)cc1. The van der Waals surface area contributed by atoms with E-state index in [1.165, 1.54) is 32.6 Å². The zero-order valence-electron chi connectivity index (χ0n) is 25.6. The van der Waals surface area contributed by atoms with Crippen LogP contribution in [0.5, 0.6) is 0 Å². The molecule has 0 unspecified atom stereocenters. The maximum absolute atomic E-state index is 5.02. The van der Waals surface area contributed by atoms with Crippen LogP contribution in [0.15, 0.2) is 140 Å². The van der Waals surface area contributed by atoms with Gasteiger partial charge in [0.2, 0.25) is 0 Å². The van der Waals surface area contributed by atoms with Gasteiger partial charge < -0.3 is 4.57 Å². The molecule has 2 heterocycles. The Labute approximate surface area is 262 Å². The minimum atomic E-state index is 0.0895. The van der Waals surface area contributed by atoms with Crippen LogP contribution >= 0.6 is 0 Å². The van der Waals surface area contributed by atoms with E-state index in [2.05, 4.69) is 104 Å². The Morgan fingerprint density at radius 1 is 0.467 bits per heavy atom. The van der Waals surface area contributed by atoms with Gasteiger partial charge in [-0.05, 0) is 58.1 Å². The highest BCUT2D eigenvalue weighted by molar-refractivity contribution is 6.21. The summed E-state index contributed by atoms with van der Waals surface area (Å²) in [7, 11) is 0. The first-order valence-corrected chi connectivity index (χ1v) is 15.4. The average molecular weight is 581 g/mol. The van der Waals surface area contributed by atoms with Crippen LogP contribution in [0.3, 0.4) is 0 Å². The molecule has 0 saturated heterocycles. The molecule has 0 N–H and O–H groups in total. The highest BCUT2D eigenvalue weighted by Crippen LogP contribution is 2.39. The van der Waals surface area contributed by atoms with Crippen molar-refractivity contribution in [2.24, 2.45) is 0 Å². The Hall–Kier alpha value is -5.61. The molecular formula is C41H32N4. The Balaban J connectivity index is 1.39. The number of rotatable bonds is 4. The predicted molar refractivity (Wildman–Crippen MR) is 187 cm³/mol. The maximum Gasteiger partial charge on any atom is 0.164 e. The summed E-state index contributed by atoms with van der Waals surface area (Å²) in [6, 6.07) is 49.0. The Morgan fingerprint density at radius 3 is 1.64 bits per heavy atom. The summed E-state index contributed by atoms with van der Waals surface area (Å²) in [5, 5.41) is 4.84. The number of aromatic nitrogens is 4. The van der Waals surface area contributed by atoms with E-state index in [4.69, 9.17) is 15.0 Å². The summed E-state index contributed by atoms with van der Waals surface area (Å²) in [5.41, 5.74) is 7.74. The topological polar surface area (TPSA) is 43.6 Å². The summed E-state index contributed by atoms with van der Waals surface area (Å²) in [5.74, 6) is 1.97. The molecular weight excluding hydrogens is 548 g/mol. The van der Waals surface area contributed by atoms with Gasteiger partial charge in [-0.1, -0.05) is 124 Å². The zero-order valence-corrected chi connectivity index (χ0v) is 25.6. The van der Waals surface area contributed by atoms with E-state index in [0.717, 1.165) is 27.9 Å². The van der Waals surface area contributed by atoms with Crippen LogP contribution in [0.4, 0.5) is 0 Å². The second-order valence-corrected chi connectivity index (χ2v) is 12.6. The average Bonchev–Trinajstić information content (AvgIpc) is 3.43. The van der Waals surface area contributed by atoms with E-state index in [9.17, 15) is 0 Å². The number of benzene rings is 6. The predicted octanol–water partition coefficient (Wildman–Crippen LogP) is 10.4. The van der Waals surface area contributed by atoms with E-state index in [0.29, 0.717) is 17.5 Å². The first kappa shape index (κ1) is 27.0. The highest BCUT2D eigenvalue weighted by Gasteiger charge is 2.19. The van der Waals surface area contributed by atoms with Crippen molar-refractivity contribution in [3.63, 3.8) is 0 Å². The molecule has 6 aromatic carbocycles. The molecule has 0 bridgehead atoms. The van der Waals surface area contributed by atoms with Crippen molar-refractivity contribution < 1.29 is 0 Å². The molecule has 216 valence electrons. The van der Waals surface area contributed by atoms with Crippen LogP contribution in [0.25, 0.3) is 72.4 Å². The number of nitrogens with zero attached hydrogens (tertiary/aromatic N) is 4. The smallest absolute Gasteiger partial charge is 0.164 e. The van der Waals surface area contributed by atoms with E-state index < -0.39 is 0 Å².